The fourth-order valence-corrected chi connectivity index (χ4v) is 3.00. The molecule has 1 amide bonds. The summed E-state index contributed by atoms with van der Waals surface area (Å²) in [6.45, 7) is 0.478. The molecule has 6 heteroatoms. The lowest BCUT2D eigenvalue weighted by atomic mass is 10.1. The average molecular weight is 375 g/mol. The lowest BCUT2D eigenvalue weighted by Gasteiger charge is -2.10. The van der Waals surface area contributed by atoms with Gasteiger partial charge in [-0.1, -0.05) is 18.2 Å². The summed E-state index contributed by atoms with van der Waals surface area (Å²) in [6.07, 6.45) is 4.20. The number of carbonyl (C=O) groups excluding carboxylic acids is 1. The van der Waals surface area contributed by atoms with E-state index in [1.807, 2.05) is 24.4 Å². The molecule has 0 spiro atoms. The van der Waals surface area contributed by atoms with Gasteiger partial charge in [-0.05, 0) is 54.4 Å². The zero-order valence-corrected chi connectivity index (χ0v) is 15.0. The van der Waals surface area contributed by atoms with E-state index >= 15 is 0 Å². The van der Waals surface area contributed by atoms with Gasteiger partial charge in [0.2, 0.25) is 5.88 Å². The van der Waals surface area contributed by atoms with Crippen molar-refractivity contribution in [2.45, 2.75) is 6.42 Å². The zero-order valence-electron chi connectivity index (χ0n) is 15.0. The molecule has 0 aliphatic carbocycles. The van der Waals surface area contributed by atoms with Crippen LogP contribution in [-0.4, -0.2) is 22.4 Å². The molecule has 0 fully saturated rings. The Morgan fingerprint density at radius 1 is 1.07 bits per heavy atom. The maximum atomic E-state index is 13.0. The third-order valence-corrected chi connectivity index (χ3v) is 4.40. The van der Waals surface area contributed by atoms with Crippen LogP contribution in [0.3, 0.4) is 0 Å². The number of aromatic amines is 1. The van der Waals surface area contributed by atoms with E-state index < -0.39 is 0 Å². The number of H-pyrrole nitrogens is 1. The highest BCUT2D eigenvalue weighted by molar-refractivity contribution is 5.96. The molecule has 0 saturated carbocycles. The van der Waals surface area contributed by atoms with Crippen molar-refractivity contribution < 1.29 is 13.9 Å². The molecule has 0 aliphatic rings. The molecule has 4 aromatic rings. The number of rotatable bonds is 6. The first-order valence-corrected chi connectivity index (χ1v) is 8.92. The van der Waals surface area contributed by atoms with E-state index in [0.29, 0.717) is 24.3 Å². The van der Waals surface area contributed by atoms with Crippen LogP contribution in [0.4, 0.5) is 4.39 Å². The molecule has 2 heterocycles. The Kier molecular flexibility index (Phi) is 5.01. The van der Waals surface area contributed by atoms with Gasteiger partial charge in [0, 0.05) is 29.8 Å². The van der Waals surface area contributed by atoms with Crippen molar-refractivity contribution in [3.8, 4) is 11.6 Å². The second kappa shape index (κ2) is 7.92. The molecule has 2 aromatic heterocycles. The Labute approximate surface area is 161 Å². The Morgan fingerprint density at radius 3 is 2.75 bits per heavy atom. The number of ether oxygens (including phenoxy) is 1. The number of benzene rings is 2. The van der Waals surface area contributed by atoms with Gasteiger partial charge in [-0.25, -0.2) is 9.37 Å². The number of hydrogen-bond donors (Lipinski definition) is 2. The molecule has 0 bridgehead atoms. The molecule has 0 unspecified atom stereocenters. The Bertz CT molecular complexity index is 1110. The molecule has 2 N–H and O–H groups in total. The number of nitrogens with zero attached hydrogens (tertiary/aromatic N) is 1. The van der Waals surface area contributed by atoms with Crippen molar-refractivity contribution in [3.63, 3.8) is 0 Å². The minimum absolute atomic E-state index is 0.179. The second-order valence-corrected chi connectivity index (χ2v) is 6.28. The minimum atomic E-state index is -0.358. The van der Waals surface area contributed by atoms with Gasteiger partial charge in [0.15, 0.2) is 0 Å². The first-order valence-electron chi connectivity index (χ1n) is 8.92. The van der Waals surface area contributed by atoms with Crippen LogP contribution in [0.15, 0.2) is 73.1 Å². The predicted molar refractivity (Wildman–Crippen MR) is 105 cm³/mol. The van der Waals surface area contributed by atoms with Crippen LogP contribution >= 0.6 is 0 Å². The van der Waals surface area contributed by atoms with Gasteiger partial charge in [0.05, 0.1) is 0 Å². The van der Waals surface area contributed by atoms with E-state index in [1.54, 1.807) is 18.3 Å². The minimum Gasteiger partial charge on any atom is -0.438 e. The first-order chi connectivity index (χ1) is 13.7. The van der Waals surface area contributed by atoms with Crippen LogP contribution in [0.1, 0.15) is 15.9 Å². The van der Waals surface area contributed by atoms with Gasteiger partial charge in [0.25, 0.3) is 5.91 Å². The summed E-state index contributed by atoms with van der Waals surface area (Å²) in [5.41, 5.74) is 2.54. The summed E-state index contributed by atoms with van der Waals surface area (Å²) >= 11 is 0. The average Bonchev–Trinajstić information content (AvgIpc) is 3.13. The topological polar surface area (TPSA) is 67.0 Å². The lowest BCUT2D eigenvalue weighted by molar-refractivity contribution is 0.0951. The summed E-state index contributed by atoms with van der Waals surface area (Å²) in [4.78, 5) is 20.0. The highest BCUT2D eigenvalue weighted by Crippen LogP contribution is 2.23. The number of hydrogen-bond acceptors (Lipinski definition) is 3. The summed E-state index contributed by atoms with van der Waals surface area (Å²) < 4.78 is 18.7. The van der Waals surface area contributed by atoms with E-state index in [2.05, 4.69) is 21.4 Å². The molecule has 0 radical (unpaired) electrons. The van der Waals surface area contributed by atoms with Crippen molar-refractivity contribution >= 4 is 16.8 Å². The number of carbonyl (C=O) groups is 1. The van der Waals surface area contributed by atoms with Crippen LogP contribution in [0.5, 0.6) is 11.6 Å². The molecule has 4 rings (SSSR count). The van der Waals surface area contributed by atoms with Crippen molar-refractivity contribution in [1.82, 2.24) is 15.3 Å². The number of halogens is 1. The van der Waals surface area contributed by atoms with Gasteiger partial charge in [-0.3, -0.25) is 4.79 Å². The van der Waals surface area contributed by atoms with Gasteiger partial charge < -0.3 is 15.0 Å². The highest BCUT2D eigenvalue weighted by Gasteiger charge is 2.14. The monoisotopic (exact) mass is 375 g/mol. The number of aromatic nitrogens is 2. The summed E-state index contributed by atoms with van der Waals surface area (Å²) in [7, 11) is 0. The molecular formula is C22H18FN3O2. The zero-order chi connectivity index (χ0) is 19.3. The Balaban J connectivity index is 1.42. The van der Waals surface area contributed by atoms with Crippen molar-refractivity contribution in [2.75, 3.05) is 6.54 Å². The summed E-state index contributed by atoms with van der Waals surface area (Å²) in [6, 6.07) is 16.9. The molecule has 2 aromatic carbocycles. The van der Waals surface area contributed by atoms with E-state index in [0.717, 1.165) is 16.5 Å². The SMILES string of the molecule is O=C(NCCc1c[nH]c2ccccc12)c1cccnc1Oc1ccc(F)cc1. The van der Waals surface area contributed by atoms with Crippen molar-refractivity contribution in [3.05, 3.63) is 90.0 Å². The smallest absolute Gasteiger partial charge is 0.256 e. The van der Waals surface area contributed by atoms with Gasteiger partial charge in [-0.15, -0.1) is 0 Å². The van der Waals surface area contributed by atoms with Crippen LogP contribution in [0.2, 0.25) is 0 Å². The molecule has 0 aliphatic heterocycles. The van der Waals surface area contributed by atoms with E-state index in [-0.39, 0.29) is 17.6 Å². The number of para-hydroxylation sites is 1. The molecule has 28 heavy (non-hydrogen) atoms. The van der Waals surface area contributed by atoms with Gasteiger partial charge >= 0.3 is 0 Å². The molecule has 5 nitrogen and oxygen atoms in total. The molecular weight excluding hydrogens is 357 g/mol. The Morgan fingerprint density at radius 2 is 1.89 bits per heavy atom. The Hall–Kier alpha value is -3.67. The van der Waals surface area contributed by atoms with E-state index in [9.17, 15) is 9.18 Å². The molecule has 0 atom stereocenters. The van der Waals surface area contributed by atoms with Crippen molar-refractivity contribution in [2.24, 2.45) is 0 Å². The third kappa shape index (κ3) is 3.86. The number of pyridine rings is 1. The maximum Gasteiger partial charge on any atom is 0.256 e. The standard InChI is InChI=1S/C22H18FN3O2/c23-16-7-9-17(10-8-16)28-22-19(5-3-12-25-22)21(27)24-13-11-15-14-26-20-6-2-1-4-18(15)20/h1-10,12,14,26H,11,13H2,(H,24,27). The number of amides is 1. The molecule has 0 saturated heterocycles. The lowest BCUT2D eigenvalue weighted by Crippen LogP contribution is -2.26. The van der Waals surface area contributed by atoms with E-state index in [4.69, 9.17) is 4.74 Å². The number of nitrogens with one attached hydrogen (secondary N) is 2. The second-order valence-electron chi connectivity index (χ2n) is 6.28. The van der Waals surface area contributed by atoms with Crippen LogP contribution in [0.25, 0.3) is 10.9 Å². The highest BCUT2D eigenvalue weighted by atomic mass is 19.1. The number of fused-ring (bicyclic) bond motifs is 1. The van der Waals surface area contributed by atoms with Crippen LogP contribution in [0, 0.1) is 5.82 Å². The fourth-order valence-electron chi connectivity index (χ4n) is 3.00. The van der Waals surface area contributed by atoms with Gasteiger partial charge in [0.1, 0.15) is 17.1 Å². The summed E-state index contributed by atoms with van der Waals surface area (Å²) in [5, 5.41) is 4.06. The van der Waals surface area contributed by atoms with Crippen LogP contribution < -0.4 is 10.1 Å². The first kappa shape index (κ1) is 17.7. The quantitative estimate of drug-likeness (QED) is 0.523. The van der Waals surface area contributed by atoms with E-state index in [1.165, 1.54) is 24.3 Å². The van der Waals surface area contributed by atoms with Gasteiger partial charge in [-0.2, -0.15) is 0 Å². The molecule has 140 valence electrons. The summed E-state index contributed by atoms with van der Waals surface area (Å²) in [5.74, 6) is -0.0414. The largest absolute Gasteiger partial charge is 0.438 e. The third-order valence-electron chi connectivity index (χ3n) is 4.40. The van der Waals surface area contributed by atoms with Crippen LogP contribution in [-0.2, 0) is 6.42 Å². The maximum absolute atomic E-state index is 13.0. The fraction of sp³-hybridized carbons (Fsp3) is 0.0909. The predicted octanol–water partition coefficient (Wildman–Crippen LogP) is 4.47. The van der Waals surface area contributed by atoms with Crippen molar-refractivity contribution in [1.29, 1.82) is 0 Å². The normalized spacial score (nSPS) is 10.8.